The maximum Gasteiger partial charge on any atom is 0.119 e. The van der Waals surface area contributed by atoms with E-state index in [9.17, 15) is 5.11 Å². The fraction of sp³-hybridized carbons (Fsp3) is 0.333. The van der Waals surface area contributed by atoms with Crippen LogP contribution in [0.25, 0.3) is 21.8 Å². The molecule has 5 nitrogen and oxygen atoms in total. The Balaban J connectivity index is 1.12. The summed E-state index contributed by atoms with van der Waals surface area (Å²) in [6.07, 6.45) is -0.413. The van der Waals surface area contributed by atoms with Crippen LogP contribution < -0.4 is 4.74 Å². The topological polar surface area (TPSA) is 40.9 Å². The van der Waals surface area contributed by atoms with Crippen LogP contribution in [0.3, 0.4) is 0 Å². The molecule has 0 radical (unpaired) electrons. The number of hydrogen-bond donors (Lipinski definition) is 1. The smallest absolute Gasteiger partial charge is 0.119 e. The molecule has 0 spiro atoms. The average molecular weight is 464 g/mol. The van der Waals surface area contributed by atoms with E-state index in [0.29, 0.717) is 19.7 Å². The number of nitrogens with zero attached hydrogens (tertiary/aromatic N) is 3. The summed E-state index contributed by atoms with van der Waals surface area (Å²) < 4.78 is 8.09. The van der Waals surface area contributed by atoms with Gasteiger partial charge in [0.25, 0.3) is 0 Å². The maximum absolute atomic E-state index is 10.9. The largest absolute Gasteiger partial charge is 0.492 e. The quantitative estimate of drug-likeness (QED) is 0.417. The van der Waals surface area contributed by atoms with Gasteiger partial charge in [-0.3, -0.25) is 9.80 Å². The molecule has 1 unspecified atom stereocenters. The number of rotatable bonds is 8. The molecule has 0 aliphatic carbocycles. The summed E-state index contributed by atoms with van der Waals surface area (Å²) in [7, 11) is 0. The van der Waals surface area contributed by atoms with Crippen molar-refractivity contribution >= 4 is 33.4 Å². The Labute approximate surface area is 199 Å². The Kier molecular flexibility index (Phi) is 6.83. The van der Waals surface area contributed by atoms with Crippen LogP contribution in [0.2, 0.25) is 5.02 Å². The maximum atomic E-state index is 10.9. The van der Waals surface area contributed by atoms with E-state index in [1.165, 1.54) is 21.8 Å². The third-order valence-electron chi connectivity index (χ3n) is 6.50. The van der Waals surface area contributed by atoms with Crippen LogP contribution in [0.15, 0.2) is 72.8 Å². The number of aromatic nitrogens is 1. The van der Waals surface area contributed by atoms with Crippen LogP contribution >= 0.6 is 11.6 Å². The molecule has 1 aromatic heterocycles. The zero-order valence-corrected chi connectivity index (χ0v) is 19.5. The van der Waals surface area contributed by atoms with Crippen molar-refractivity contribution in [2.75, 3.05) is 45.9 Å². The lowest BCUT2D eigenvalue weighted by Gasteiger charge is -2.35. The zero-order valence-electron chi connectivity index (χ0n) is 18.7. The number of benzene rings is 3. The van der Waals surface area contributed by atoms with Crippen molar-refractivity contribution < 1.29 is 9.84 Å². The summed E-state index contributed by atoms with van der Waals surface area (Å²) in [5, 5.41) is 14.2. The lowest BCUT2D eigenvalue weighted by molar-refractivity contribution is 0.0614. The van der Waals surface area contributed by atoms with Gasteiger partial charge in [0, 0.05) is 66.1 Å². The highest BCUT2D eigenvalue weighted by Gasteiger charge is 2.20. The molecule has 0 saturated carbocycles. The van der Waals surface area contributed by atoms with Gasteiger partial charge in [-0.15, -0.1) is 0 Å². The van der Waals surface area contributed by atoms with Crippen LogP contribution in [0.4, 0.5) is 0 Å². The molecule has 3 aromatic carbocycles. The first-order valence-corrected chi connectivity index (χ1v) is 12.0. The molecular formula is C27H30ClN3O2. The Morgan fingerprint density at radius 2 is 1.33 bits per heavy atom. The minimum Gasteiger partial charge on any atom is -0.492 e. The molecule has 1 N–H and O–H groups in total. The first kappa shape index (κ1) is 22.2. The molecule has 1 aliphatic heterocycles. The number of β-amino-alcohol motifs (C(OH)–C–C–N with tert-alkyl or cyclic N) is 1. The zero-order chi connectivity index (χ0) is 22.6. The molecule has 172 valence electrons. The van der Waals surface area contributed by atoms with Gasteiger partial charge in [0.05, 0.1) is 12.6 Å². The number of aliphatic hydroxyl groups is 1. The second-order valence-corrected chi connectivity index (χ2v) is 9.18. The number of fused-ring (bicyclic) bond motifs is 3. The monoisotopic (exact) mass is 463 g/mol. The van der Waals surface area contributed by atoms with E-state index in [1.807, 2.05) is 24.3 Å². The molecule has 4 aromatic rings. The predicted octanol–water partition coefficient (Wildman–Crippen LogP) is 4.51. The molecule has 6 heteroatoms. The lowest BCUT2D eigenvalue weighted by atomic mass is 10.2. The minimum absolute atomic E-state index is 0.413. The Bertz CT molecular complexity index is 1150. The number of halogens is 1. The SMILES string of the molecule is OC(CN1CCN(CCOc2ccc(Cl)cc2)CC1)Cn1c2ccccc2c2ccccc21. The van der Waals surface area contributed by atoms with Crippen molar-refractivity contribution in [2.24, 2.45) is 0 Å². The molecule has 1 saturated heterocycles. The Morgan fingerprint density at radius 3 is 1.97 bits per heavy atom. The fourth-order valence-corrected chi connectivity index (χ4v) is 4.91. The fourth-order valence-electron chi connectivity index (χ4n) is 4.79. The van der Waals surface area contributed by atoms with E-state index in [1.54, 1.807) is 0 Å². The van der Waals surface area contributed by atoms with Crippen molar-refractivity contribution in [1.82, 2.24) is 14.4 Å². The first-order chi connectivity index (χ1) is 16.2. The summed E-state index contributed by atoms with van der Waals surface area (Å²) in [4.78, 5) is 4.79. The van der Waals surface area contributed by atoms with E-state index < -0.39 is 6.10 Å². The van der Waals surface area contributed by atoms with Crippen LogP contribution in [0.5, 0.6) is 5.75 Å². The summed E-state index contributed by atoms with van der Waals surface area (Å²) in [5.41, 5.74) is 2.37. The van der Waals surface area contributed by atoms with Gasteiger partial charge in [-0.2, -0.15) is 0 Å². The van der Waals surface area contributed by atoms with E-state index in [0.717, 1.165) is 43.5 Å². The third-order valence-corrected chi connectivity index (χ3v) is 6.75. The summed E-state index contributed by atoms with van der Waals surface area (Å²) in [6.45, 7) is 6.77. The van der Waals surface area contributed by atoms with Crippen LogP contribution in [0, 0.1) is 0 Å². The molecule has 5 rings (SSSR count). The van der Waals surface area contributed by atoms with Gasteiger partial charge in [0.1, 0.15) is 12.4 Å². The molecule has 33 heavy (non-hydrogen) atoms. The van der Waals surface area contributed by atoms with E-state index in [-0.39, 0.29) is 0 Å². The van der Waals surface area contributed by atoms with Gasteiger partial charge >= 0.3 is 0 Å². The van der Waals surface area contributed by atoms with Gasteiger partial charge in [0.15, 0.2) is 0 Å². The highest BCUT2D eigenvalue weighted by molar-refractivity contribution is 6.30. The van der Waals surface area contributed by atoms with E-state index in [2.05, 4.69) is 62.9 Å². The van der Waals surface area contributed by atoms with Gasteiger partial charge in [-0.1, -0.05) is 48.0 Å². The van der Waals surface area contributed by atoms with Crippen molar-refractivity contribution in [2.45, 2.75) is 12.6 Å². The number of para-hydroxylation sites is 2. The molecule has 0 amide bonds. The molecular weight excluding hydrogens is 434 g/mol. The number of ether oxygens (including phenoxy) is 1. The minimum atomic E-state index is -0.413. The molecule has 0 bridgehead atoms. The van der Waals surface area contributed by atoms with Gasteiger partial charge in [0.2, 0.25) is 0 Å². The lowest BCUT2D eigenvalue weighted by Crippen LogP contribution is -2.49. The van der Waals surface area contributed by atoms with Crippen LogP contribution in [-0.2, 0) is 6.54 Å². The Morgan fingerprint density at radius 1 is 0.758 bits per heavy atom. The third kappa shape index (κ3) is 5.17. The van der Waals surface area contributed by atoms with Crippen LogP contribution in [0.1, 0.15) is 0 Å². The van der Waals surface area contributed by atoms with Gasteiger partial charge in [-0.05, 0) is 36.4 Å². The Hall–Kier alpha value is -2.57. The highest BCUT2D eigenvalue weighted by atomic mass is 35.5. The van der Waals surface area contributed by atoms with E-state index in [4.69, 9.17) is 16.3 Å². The van der Waals surface area contributed by atoms with Crippen molar-refractivity contribution in [1.29, 1.82) is 0 Å². The van der Waals surface area contributed by atoms with E-state index >= 15 is 0 Å². The summed E-state index contributed by atoms with van der Waals surface area (Å²) in [5.74, 6) is 0.853. The second kappa shape index (κ2) is 10.1. The second-order valence-electron chi connectivity index (χ2n) is 8.74. The summed E-state index contributed by atoms with van der Waals surface area (Å²) >= 11 is 5.92. The molecule has 1 atom stereocenters. The predicted molar refractivity (Wildman–Crippen MR) is 135 cm³/mol. The molecule has 1 aliphatic rings. The van der Waals surface area contributed by atoms with Crippen LogP contribution in [-0.4, -0.2) is 71.5 Å². The highest BCUT2D eigenvalue weighted by Crippen LogP contribution is 2.29. The number of piperazine rings is 1. The number of aliphatic hydroxyl groups excluding tert-OH is 1. The molecule has 1 fully saturated rings. The standard InChI is InChI=1S/C27H30ClN3O2/c28-21-9-11-23(12-10-21)33-18-17-29-13-15-30(16-14-29)19-22(32)20-31-26-7-3-1-5-24(26)25-6-2-4-8-27(25)31/h1-12,22,32H,13-20H2. The van der Waals surface area contributed by atoms with Crippen molar-refractivity contribution in [3.05, 3.63) is 77.8 Å². The first-order valence-electron chi connectivity index (χ1n) is 11.6. The average Bonchev–Trinajstić information content (AvgIpc) is 3.15. The molecule has 2 heterocycles. The normalized spacial score (nSPS) is 16.4. The van der Waals surface area contributed by atoms with Crippen molar-refractivity contribution in [3.63, 3.8) is 0 Å². The summed E-state index contributed by atoms with van der Waals surface area (Å²) in [6, 6.07) is 24.4. The van der Waals surface area contributed by atoms with Gasteiger partial charge < -0.3 is 14.4 Å². The van der Waals surface area contributed by atoms with Crippen molar-refractivity contribution in [3.8, 4) is 5.75 Å². The number of hydrogen-bond acceptors (Lipinski definition) is 4. The van der Waals surface area contributed by atoms with Gasteiger partial charge in [-0.25, -0.2) is 0 Å².